The summed E-state index contributed by atoms with van der Waals surface area (Å²) in [4.78, 5) is 18.1. The number of nitro groups is 1. The van der Waals surface area contributed by atoms with Crippen LogP contribution >= 0.6 is 0 Å². The highest BCUT2D eigenvalue weighted by atomic mass is 16.6. The standard InChI is InChI=1S/C26H25N3O3/c1-2-20-7-5-6-14-28(20)24-13-11-21(29(30)31)15-18(24)17-27-19-10-12-23-22-8-3-4-9-25(22)32-26(23)16-19/h3-4,8-13,15-17,20H,2,5-7,14H2,1H3/t20-/m0/s1. The van der Waals surface area contributed by atoms with Gasteiger partial charge in [-0.3, -0.25) is 15.1 Å². The first-order valence-corrected chi connectivity index (χ1v) is 11.1. The number of nitro benzene ring substituents is 1. The van der Waals surface area contributed by atoms with Gasteiger partial charge < -0.3 is 9.32 Å². The van der Waals surface area contributed by atoms with E-state index in [1.54, 1.807) is 18.3 Å². The molecule has 1 aliphatic rings. The van der Waals surface area contributed by atoms with Crippen molar-refractivity contribution >= 4 is 45.2 Å². The largest absolute Gasteiger partial charge is 0.456 e. The van der Waals surface area contributed by atoms with Crippen molar-refractivity contribution in [1.29, 1.82) is 0 Å². The monoisotopic (exact) mass is 427 g/mol. The molecule has 3 aromatic carbocycles. The molecule has 0 N–H and O–H groups in total. The lowest BCUT2D eigenvalue weighted by molar-refractivity contribution is -0.384. The van der Waals surface area contributed by atoms with Crippen molar-refractivity contribution in [3.8, 4) is 0 Å². The van der Waals surface area contributed by atoms with E-state index in [1.807, 2.05) is 48.5 Å². The number of para-hydroxylation sites is 1. The normalized spacial score (nSPS) is 16.9. The van der Waals surface area contributed by atoms with Crippen LogP contribution in [0.3, 0.4) is 0 Å². The minimum Gasteiger partial charge on any atom is -0.456 e. The van der Waals surface area contributed by atoms with E-state index in [0.717, 1.165) is 64.7 Å². The summed E-state index contributed by atoms with van der Waals surface area (Å²) < 4.78 is 5.97. The number of fused-ring (bicyclic) bond motifs is 3. The molecule has 0 saturated carbocycles. The van der Waals surface area contributed by atoms with Crippen LogP contribution in [0, 0.1) is 10.1 Å². The molecule has 0 amide bonds. The van der Waals surface area contributed by atoms with Crippen molar-refractivity contribution in [3.63, 3.8) is 0 Å². The zero-order valence-corrected chi connectivity index (χ0v) is 18.0. The molecule has 5 rings (SSSR count). The van der Waals surface area contributed by atoms with Crippen LogP contribution in [-0.2, 0) is 0 Å². The summed E-state index contributed by atoms with van der Waals surface area (Å²) in [6.45, 7) is 3.16. The zero-order valence-electron chi connectivity index (χ0n) is 18.0. The Morgan fingerprint density at radius 1 is 1.09 bits per heavy atom. The molecule has 2 heterocycles. The number of furan rings is 1. The molecule has 0 aliphatic carbocycles. The van der Waals surface area contributed by atoms with Gasteiger partial charge in [0.2, 0.25) is 0 Å². The van der Waals surface area contributed by atoms with Crippen molar-refractivity contribution in [2.45, 2.75) is 38.6 Å². The van der Waals surface area contributed by atoms with Crippen molar-refractivity contribution in [2.75, 3.05) is 11.4 Å². The first kappa shape index (κ1) is 20.2. The SMILES string of the molecule is CC[C@H]1CCCCN1c1ccc([N+](=O)[O-])cc1C=Nc1ccc2c(c1)oc1ccccc12. The smallest absolute Gasteiger partial charge is 0.270 e. The predicted molar refractivity (Wildman–Crippen MR) is 129 cm³/mol. The van der Waals surface area contributed by atoms with E-state index in [2.05, 4.69) is 16.8 Å². The maximum absolute atomic E-state index is 11.4. The summed E-state index contributed by atoms with van der Waals surface area (Å²) >= 11 is 0. The fourth-order valence-electron chi connectivity index (χ4n) is 4.70. The van der Waals surface area contributed by atoms with Gasteiger partial charge in [0.25, 0.3) is 5.69 Å². The molecule has 0 bridgehead atoms. The molecule has 0 spiro atoms. The number of non-ortho nitro benzene ring substituents is 1. The molecular weight excluding hydrogens is 402 g/mol. The Balaban J connectivity index is 1.53. The first-order valence-electron chi connectivity index (χ1n) is 11.1. The van der Waals surface area contributed by atoms with Gasteiger partial charge in [-0.25, -0.2) is 0 Å². The molecule has 32 heavy (non-hydrogen) atoms. The van der Waals surface area contributed by atoms with Crippen LogP contribution < -0.4 is 4.90 Å². The summed E-state index contributed by atoms with van der Waals surface area (Å²) in [6.07, 6.45) is 6.30. The lowest BCUT2D eigenvalue weighted by atomic mass is 9.98. The second kappa shape index (κ2) is 8.46. The average molecular weight is 428 g/mol. The van der Waals surface area contributed by atoms with E-state index in [0.29, 0.717) is 6.04 Å². The van der Waals surface area contributed by atoms with Gasteiger partial charge in [0, 0.05) is 59.0 Å². The van der Waals surface area contributed by atoms with Crippen molar-refractivity contribution in [2.24, 2.45) is 4.99 Å². The van der Waals surface area contributed by atoms with Gasteiger partial charge in [-0.15, -0.1) is 0 Å². The minimum atomic E-state index is -0.352. The molecular formula is C26H25N3O3. The molecule has 0 radical (unpaired) electrons. The Bertz CT molecular complexity index is 1320. The summed E-state index contributed by atoms with van der Waals surface area (Å²) in [5, 5.41) is 13.5. The van der Waals surface area contributed by atoms with Crippen molar-refractivity contribution in [1.82, 2.24) is 0 Å². The highest BCUT2D eigenvalue weighted by molar-refractivity contribution is 6.05. The minimum absolute atomic E-state index is 0.0768. The van der Waals surface area contributed by atoms with E-state index in [-0.39, 0.29) is 10.6 Å². The highest BCUT2D eigenvalue weighted by Gasteiger charge is 2.24. The Kier molecular flexibility index (Phi) is 5.35. The average Bonchev–Trinajstić information content (AvgIpc) is 3.20. The van der Waals surface area contributed by atoms with Crippen LogP contribution in [0.25, 0.3) is 21.9 Å². The maximum atomic E-state index is 11.4. The van der Waals surface area contributed by atoms with E-state index in [1.165, 1.54) is 6.42 Å². The molecule has 1 saturated heterocycles. The lowest BCUT2D eigenvalue weighted by Gasteiger charge is -2.38. The summed E-state index contributed by atoms with van der Waals surface area (Å²) in [7, 11) is 0. The number of hydrogen-bond acceptors (Lipinski definition) is 5. The Morgan fingerprint density at radius 2 is 1.94 bits per heavy atom. The Hall–Kier alpha value is -3.67. The van der Waals surface area contributed by atoms with Gasteiger partial charge >= 0.3 is 0 Å². The van der Waals surface area contributed by atoms with E-state index < -0.39 is 0 Å². The van der Waals surface area contributed by atoms with E-state index in [9.17, 15) is 10.1 Å². The lowest BCUT2D eigenvalue weighted by Crippen LogP contribution is -2.39. The molecule has 1 fully saturated rings. The van der Waals surface area contributed by atoms with Gasteiger partial charge in [0.15, 0.2) is 0 Å². The molecule has 1 atom stereocenters. The van der Waals surface area contributed by atoms with Gasteiger partial charge in [0.05, 0.1) is 10.6 Å². The second-order valence-corrected chi connectivity index (χ2v) is 8.29. The molecule has 0 unspecified atom stereocenters. The third-order valence-corrected chi connectivity index (χ3v) is 6.34. The predicted octanol–water partition coefficient (Wildman–Crippen LogP) is 7.01. The first-order chi connectivity index (χ1) is 15.6. The van der Waals surface area contributed by atoms with Crippen molar-refractivity contribution < 1.29 is 9.34 Å². The molecule has 1 aromatic heterocycles. The Labute approximate surface area is 186 Å². The number of piperidine rings is 1. The summed E-state index contributed by atoms with van der Waals surface area (Å²) in [5.74, 6) is 0. The van der Waals surface area contributed by atoms with Crippen LogP contribution in [0.4, 0.5) is 17.1 Å². The summed E-state index contributed by atoms with van der Waals surface area (Å²) in [6, 6.07) is 19.4. The second-order valence-electron chi connectivity index (χ2n) is 8.29. The third-order valence-electron chi connectivity index (χ3n) is 6.34. The van der Waals surface area contributed by atoms with E-state index in [4.69, 9.17) is 4.42 Å². The summed E-state index contributed by atoms with van der Waals surface area (Å²) in [5.41, 5.74) is 4.23. The van der Waals surface area contributed by atoms with Gasteiger partial charge in [0.1, 0.15) is 11.2 Å². The number of anilines is 1. The number of hydrogen-bond donors (Lipinski definition) is 0. The highest BCUT2D eigenvalue weighted by Crippen LogP contribution is 2.33. The van der Waals surface area contributed by atoms with E-state index >= 15 is 0 Å². The maximum Gasteiger partial charge on any atom is 0.270 e. The van der Waals surface area contributed by atoms with Crippen LogP contribution in [-0.4, -0.2) is 23.7 Å². The number of rotatable bonds is 5. The van der Waals surface area contributed by atoms with Crippen LogP contribution in [0.5, 0.6) is 0 Å². The fourth-order valence-corrected chi connectivity index (χ4v) is 4.70. The molecule has 162 valence electrons. The zero-order chi connectivity index (χ0) is 22.1. The molecule has 4 aromatic rings. The molecule has 1 aliphatic heterocycles. The van der Waals surface area contributed by atoms with Crippen LogP contribution in [0.15, 0.2) is 70.1 Å². The number of benzene rings is 3. The topological polar surface area (TPSA) is 71.9 Å². The molecule has 6 nitrogen and oxygen atoms in total. The third kappa shape index (κ3) is 3.73. The quantitative estimate of drug-likeness (QED) is 0.195. The van der Waals surface area contributed by atoms with Gasteiger partial charge in [-0.05, 0) is 49.9 Å². The van der Waals surface area contributed by atoms with Crippen LogP contribution in [0.1, 0.15) is 38.2 Å². The number of aliphatic imine (C=N–C) groups is 1. The van der Waals surface area contributed by atoms with Crippen LogP contribution in [0.2, 0.25) is 0 Å². The number of nitrogens with zero attached hydrogens (tertiary/aromatic N) is 3. The van der Waals surface area contributed by atoms with Gasteiger partial charge in [-0.2, -0.15) is 0 Å². The fraction of sp³-hybridized carbons (Fsp3) is 0.269. The van der Waals surface area contributed by atoms with Gasteiger partial charge in [-0.1, -0.05) is 25.1 Å². The van der Waals surface area contributed by atoms with Crippen molar-refractivity contribution in [3.05, 3.63) is 76.3 Å². The molecule has 6 heteroatoms. The Morgan fingerprint density at radius 3 is 2.78 bits per heavy atom.